The molecule has 1 aliphatic heterocycles. The van der Waals surface area contributed by atoms with Crippen molar-refractivity contribution in [2.45, 2.75) is 25.0 Å². The van der Waals surface area contributed by atoms with Crippen molar-refractivity contribution in [2.24, 2.45) is 4.99 Å². The minimum absolute atomic E-state index is 0. The van der Waals surface area contributed by atoms with Crippen LogP contribution >= 0.6 is 35.7 Å². The van der Waals surface area contributed by atoms with Gasteiger partial charge in [0.15, 0.2) is 5.96 Å². The minimum Gasteiger partial charge on any atom is -0.357 e. The number of halogens is 1. The first-order chi connectivity index (χ1) is 11.7. The summed E-state index contributed by atoms with van der Waals surface area (Å²) in [6.45, 7) is 3.71. The van der Waals surface area contributed by atoms with Gasteiger partial charge < -0.3 is 16.0 Å². The van der Waals surface area contributed by atoms with Crippen LogP contribution in [-0.2, 0) is 4.79 Å². The molecular formula is C18H25IN4OS. The molecule has 0 aromatic heterocycles. The first-order valence-electron chi connectivity index (χ1n) is 8.21. The van der Waals surface area contributed by atoms with Crippen molar-refractivity contribution < 1.29 is 4.79 Å². The summed E-state index contributed by atoms with van der Waals surface area (Å²) in [5, 5.41) is 9.92. The summed E-state index contributed by atoms with van der Waals surface area (Å²) in [7, 11) is 0. The third-order valence-corrected chi connectivity index (χ3v) is 4.96. The van der Waals surface area contributed by atoms with E-state index in [4.69, 9.17) is 6.42 Å². The van der Waals surface area contributed by atoms with Crippen LogP contribution in [0.2, 0.25) is 0 Å². The summed E-state index contributed by atoms with van der Waals surface area (Å²) in [5.74, 6) is 4.29. The number of terminal acetylenes is 1. The van der Waals surface area contributed by atoms with E-state index in [2.05, 4.69) is 26.9 Å². The van der Waals surface area contributed by atoms with Crippen molar-refractivity contribution in [1.29, 1.82) is 0 Å². The number of anilines is 1. The first kappa shape index (κ1) is 21.6. The summed E-state index contributed by atoms with van der Waals surface area (Å²) in [6.07, 6.45) is 7.88. The molecule has 3 N–H and O–H groups in total. The van der Waals surface area contributed by atoms with Gasteiger partial charge in [-0.3, -0.25) is 4.79 Å². The highest BCUT2D eigenvalue weighted by Gasteiger charge is 2.15. The van der Waals surface area contributed by atoms with E-state index >= 15 is 0 Å². The van der Waals surface area contributed by atoms with Crippen LogP contribution in [0.5, 0.6) is 0 Å². The lowest BCUT2D eigenvalue weighted by atomic mass is 10.2. The Kier molecular flexibility index (Phi) is 10.4. The lowest BCUT2D eigenvalue weighted by Crippen LogP contribution is -2.40. The van der Waals surface area contributed by atoms with Crippen molar-refractivity contribution in [2.75, 3.05) is 30.7 Å². The van der Waals surface area contributed by atoms with Gasteiger partial charge in [-0.2, -0.15) is 11.8 Å². The third-order valence-electron chi connectivity index (χ3n) is 3.56. The van der Waals surface area contributed by atoms with Crippen LogP contribution in [0.4, 0.5) is 5.69 Å². The van der Waals surface area contributed by atoms with Crippen LogP contribution in [0.1, 0.15) is 25.3 Å². The third kappa shape index (κ3) is 8.01. The molecule has 0 aliphatic carbocycles. The second-order valence-electron chi connectivity index (χ2n) is 5.48. The van der Waals surface area contributed by atoms with Crippen molar-refractivity contribution in [1.82, 2.24) is 10.6 Å². The Balaban J connectivity index is 0.00000312. The normalized spacial score (nSPS) is 16.5. The van der Waals surface area contributed by atoms with Crippen LogP contribution in [0.25, 0.3) is 0 Å². The number of hydrogen-bond acceptors (Lipinski definition) is 3. The molecule has 1 unspecified atom stereocenters. The lowest BCUT2D eigenvalue weighted by molar-refractivity contribution is -0.114. The molecule has 0 radical (unpaired) electrons. The largest absolute Gasteiger partial charge is 0.357 e. The van der Waals surface area contributed by atoms with E-state index in [1.54, 1.807) is 6.07 Å². The minimum atomic E-state index is -0.170. The highest BCUT2D eigenvalue weighted by atomic mass is 127. The molecule has 1 aromatic rings. The number of carbonyl (C=O) groups is 1. The predicted molar refractivity (Wildman–Crippen MR) is 118 cm³/mol. The maximum absolute atomic E-state index is 12.1. The first-order valence-corrected chi connectivity index (χ1v) is 9.26. The number of carbonyl (C=O) groups excluding carboxylic acids is 1. The number of hydrogen-bond donors (Lipinski definition) is 3. The standard InChI is InChI=1S/C18H24N4OS.HI/c1-3-14-7-5-8-15(11-14)22-17(23)13-21-18(19-4-2)20-12-16-9-6-10-24-16;/h1,5,7-8,11,16H,4,6,9-10,12-13H2,2H3,(H,22,23)(H2,19,20,21);1H. The van der Waals surface area contributed by atoms with Crippen LogP contribution in [0.15, 0.2) is 29.3 Å². The van der Waals surface area contributed by atoms with Gasteiger partial charge in [0.25, 0.3) is 0 Å². The van der Waals surface area contributed by atoms with Crippen LogP contribution in [0.3, 0.4) is 0 Å². The van der Waals surface area contributed by atoms with Crippen molar-refractivity contribution >= 4 is 53.3 Å². The van der Waals surface area contributed by atoms with Gasteiger partial charge in [0.05, 0.1) is 0 Å². The number of rotatable bonds is 6. The van der Waals surface area contributed by atoms with Crippen molar-refractivity contribution in [3.05, 3.63) is 29.8 Å². The van der Waals surface area contributed by atoms with Gasteiger partial charge in [0.1, 0.15) is 6.54 Å². The molecule has 7 heteroatoms. The molecule has 0 spiro atoms. The van der Waals surface area contributed by atoms with Crippen molar-refractivity contribution in [3.8, 4) is 12.3 Å². The molecule has 0 bridgehead atoms. The SMILES string of the molecule is C#Cc1cccc(NC(=O)CN=C(NCC)NCC2CCCS2)c1.I. The highest BCUT2D eigenvalue weighted by molar-refractivity contribution is 14.0. The fourth-order valence-electron chi connectivity index (χ4n) is 2.40. The van der Waals surface area contributed by atoms with E-state index in [-0.39, 0.29) is 36.4 Å². The quantitative estimate of drug-likeness (QED) is 0.258. The zero-order valence-electron chi connectivity index (χ0n) is 14.4. The van der Waals surface area contributed by atoms with E-state index in [9.17, 15) is 4.79 Å². The molecule has 1 aliphatic rings. The van der Waals surface area contributed by atoms with Gasteiger partial charge in [-0.15, -0.1) is 30.4 Å². The Bertz CT molecular complexity index is 624. The molecule has 2 rings (SSSR count). The Morgan fingerprint density at radius 1 is 1.44 bits per heavy atom. The maximum atomic E-state index is 12.1. The van der Waals surface area contributed by atoms with E-state index in [1.807, 2.05) is 36.9 Å². The monoisotopic (exact) mass is 472 g/mol. The fourth-order valence-corrected chi connectivity index (χ4v) is 3.60. The average Bonchev–Trinajstić information content (AvgIpc) is 3.11. The summed E-state index contributed by atoms with van der Waals surface area (Å²) >= 11 is 1.99. The summed E-state index contributed by atoms with van der Waals surface area (Å²) < 4.78 is 0. The second-order valence-corrected chi connectivity index (χ2v) is 6.89. The Labute approximate surface area is 171 Å². The molecule has 1 fully saturated rings. The zero-order chi connectivity index (χ0) is 17.2. The number of nitrogens with one attached hydrogen (secondary N) is 3. The number of thioether (sulfide) groups is 1. The Morgan fingerprint density at radius 3 is 2.96 bits per heavy atom. The molecule has 136 valence electrons. The molecule has 1 amide bonds. The maximum Gasteiger partial charge on any atom is 0.246 e. The molecule has 1 aromatic carbocycles. The summed E-state index contributed by atoms with van der Waals surface area (Å²) in [4.78, 5) is 16.4. The molecular weight excluding hydrogens is 447 g/mol. The van der Waals surface area contributed by atoms with E-state index in [1.165, 1.54) is 18.6 Å². The Morgan fingerprint density at radius 2 is 2.28 bits per heavy atom. The average molecular weight is 472 g/mol. The number of aliphatic imine (C=N–C) groups is 1. The number of nitrogens with zero attached hydrogens (tertiary/aromatic N) is 1. The molecule has 25 heavy (non-hydrogen) atoms. The molecule has 1 atom stereocenters. The molecule has 1 heterocycles. The number of guanidine groups is 1. The topological polar surface area (TPSA) is 65.5 Å². The number of benzene rings is 1. The van der Waals surface area contributed by atoms with Crippen LogP contribution < -0.4 is 16.0 Å². The second kappa shape index (κ2) is 12.0. The van der Waals surface area contributed by atoms with E-state index in [0.717, 1.165) is 18.7 Å². The molecule has 5 nitrogen and oxygen atoms in total. The summed E-state index contributed by atoms with van der Waals surface area (Å²) in [5.41, 5.74) is 1.42. The van der Waals surface area contributed by atoms with Gasteiger partial charge in [-0.05, 0) is 43.7 Å². The van der Waals surface area contributed by atoms with Gasteiger partial charge >= 0.3 is 0 Å². The van der Waals surface area contributed by atoms with Gasteiger partial charge in [0.2, 0.25) is 5.91 Å². The molecule has 0 saturated carbocycles. The summed E-state index contributed by atoms with van der Waals surface area (Å²) in [6, 6.07) is 7.21. The van der Waals surface area contributed by atoms with E-state index in [0.29, 0.717) is 16.9 Å². The smallest absolute Gasteiger partial charge is 0.246 e. The van der Waals surface area contributed by atoms with Gasteiger partial charge in [0, 0.05) is 29.6 Å². The predicted octanol–water partition coefficient (Wildman–Crippen LogP) is 2.68. The molecule has 1 saturated heterocycles. The van der Waals surface area contributed by atoms with Crippen molar-refractivity contribution in [3.63, 3.8) is 0 Å². The van der Waals surface area contributed by atoms with E-state index < -0.39 is 0 Å². The lowest BCUT2D eigenvalue weighted by Gasteiger charge is -2.14. The number of amides is 1. The van der Waals surface area contributed by atoms with Crippen LogP contribution in [0, 0.1) is 12.3 Å². The van der Waals surface area contributed by atoms with Gasteiger partial charge in [-0.1, -0.05) is 12.0 Å². The van der Waals surface area contributed by atoms with Crippen LogP contribution in [-0.4, -0.2) is 42.5 Å². The fraction of sp³-hybridized carbons (Fsp3) is 0.444. The Hall–Kier alpha value is -1.40. The highest BCUT2D eigenvalue weighted by Crippen LogP contribution is 2.25. The zero-order valence-corrected chi connectivity index (χ0v) is 17.5. The van der Waals surface area contributed by atoms with Gasteiger partial charge in [-0.25, -0.2) is 4.99 Å².